The molecule has 0 aliphatic heterocycles. The quantitative estimate of drug-likeness (QED) is 0.710. The lowest BCUT2D eigenvalue weighted by atomic mass is 10.2. The molecular formula is C8H12N2O3. The van der Waals surface area contributed by atoms with Gasteiger partial charge in [0.2, 0.25) is 0 Å². The van der Waals surface area contributed by atoms with Crippen LogP contribution < -0.4 is 0 Å². The molecule has 0 aliphatic rings. The molecule has 0 radical (unpaired) electrons. The van der Waals surface area contributed by atoms with Crippen molar-refractivity contribution >= 4 is 5.97 Å². The molecule has 1 atom stereocenters. The van der Waals surface area contributed by atoms with Crippen LogP contribution in [0.2, 0.25) is 0 Å². The molecule has 1 aromatic heterocycles. The summed E-state index contributed by atoms with van der Waals surface area (Å²) < 4.78 is 1.72. The molecule has 1 rings (SSSR count). The molecule has 5 heteroatoms. The molecule has 13 heavy (non-hydrogen) atoms. The van der Waals surface area contributed by atoms with Crippen molar-refractivity contribution < 1.29 is 15.0 Å². The summed E-state index contributed by atoms with van der Waals surface area (Å²) in [4.78, 5) is 14.1. The highest BCUT2D eigenvalue weighted by Crippen LogP contribution is 2.15. The van der Waals surface area contributed by atoms with Crippen LogP contribution in [0.15, 0.2) is 12.5 Å². The van der Waals surface area contributed by atoms with E-state index in [1.807, 2.05) is 6.92 Å². The predicted molar refractivity (Wildman–Crippen MR) is 45.1 cm³/mol. The fourth-order valence-electron chi connectivity index (χ4n) is 1.14. The van der Waals surface area contributed by atoms with Gasteiger partial charge in [0.15, 0.2) is 0 Å². The van der Waals surface area contributed by atoms with Crippen LogP contribution in [0.1, 0.15) is 25.1 Å². The summed E-state index contributed by atoms with van der Waals surface area (Å²) in [5, 5.41) is 17.9. The highest BCUT2D eigenvalue weighted by Gasteiger charge is 2.15. The van der Waals surface area contributed by atoms with E-state index in [1.54, 1.807) is 10.9 Å². The van der Waals surface area contributed by atoms with Gasteiger partial charge in [-0.3, -0.25) is 4.79 Å². The van der Waals surface area contributed by atoms with Crippen molar-refractivity contribution in [2.45, 2.75) is 26.0 Å². The average molecular weight is 184 g/mol. The second-order valence-corrected chi connectivity index (χ2v) is 2.72. The van der Waals surface area contributed by atoms with Crippen molar-refractivity contribution in [1.82, 2.24) is 9.55 Å². The number of aromatic nitrogens is 2. The van der Waals surface area contributed by atoms with Crippen molar-refractivity contribution in [2.75, 3.05) is 0 Å². The number of aliphatic carboxylic acids is 1. The molecule has 0 saturated carbocycles. The van der Waals surface area contributed by atoms with Gasteiger partial charge in [0, 0.05) is 6.54 Å². The van der Waals surface area contributed by atoms with E-state index in [1.165, 1.54) is 6.20 Å². The normalized spacial score (nSPS) is 12.8. The van der Waals surface area contributed by atoms with Crippen LogP contribution in [0.5, 0.6) is 0 Å². The molecule has 1 aromatic rings. The summed E-state index contributed by atoms with van der Waals surface area (Å²) in [6.45, 7) is 2.57. The van der Waals surface area contributed by atoms with Crippen LogP contribution in [-0.4, -0.2) is 25.7 Å². The summed E-state index contributed by atoms with van der Waals surface area (Å²) in [7, 11) is 0. The zero-order valence-electron chi connectivity index (χ0n) is 7.34. The summed E-state index contributed by atoms with van der Waals surface area (Å²) in [6.07, 6.45) is 1.79. The number of hydrogen-bond donors (Lipinski definition) is 2. The number of aliphatic hydroxyl groups excluding tert-OH is 1. The minimum Gasteiger partial charge on any atom is -0.481 e. The summed E-state index contributed by atoms with van der Waals surface area (Å²) in [6, 6.07) is 0. The molecule has 5 nitrogen and oxygen atoms in total. The standard InChI is InChI=1S/C8H12N2O3/c1-2-10-5-9-4-6(10)7(11)3-8(12)13/h4-5,7,11H,2-3H2,1H3,(H,12,13). The number of nitrogens with zero attached hydrogens (tertiary/aromatic N) is 2. The van der Waals surface area contributed by atoms with Crippen LogP contribution in [0.25, 0.3) is 0 Å². The third-order valence-electron chi connectivity index (χ3n) is 1.79. The number of carbonyl (C=O) groups is 1. The van der Waals surface area contributed by atoms with Crippen LogP contribution in [0.4, 0.5) is 0 Å². The highest BCUT2D eigenvalue weighted by atomic mass is 16.4. The molecule has 1 unspecified atom stereocenters. The van der Waals surface area contributed by atoms with E-state index in [2.05, 4.69) is 4.98 Å². The van der Waals surface area contributed by atoms with Crippen molar-refractivity contribution in [1.29, 1.82) is 0 Å². The first-order valence-corrected chi connectivity index (χ1v) is 4.05. The predicted octanol–water partition coefficient (Wildman–Crippen LogP) is 0.411. The molecule has 2 N–H and O–H groups in total. The van der Waals surface area contributed by atoms with Gasteiger partial charge < -0.3 is 14.8 Å². The first-order chi connectivity index (χ1) is 6.15. The Morgan fingerprint density at radius 1 is 1.77 bits per heavy atom. The lowest BCUT2D eigenvalue weighted by Crippen LogP contribution is -2.10. The summed E-state index contributed by atoms with van der Waals surface area (Å²) >= 11 is 0. The number of imidazole rings is 1. The Morgan fingerprint density at radius 2 is 2.46 bits per heavy atom. The number of carboxylic acid groups (broad SMARTS) is 1. The van der Waals surface area contributed by atoms with Crippen molar-refractivity contribution in [3.05, 3.63) is 18.2 Å². The molecule has 0 aliphatic carbocycles. The minimum atomic E-state index is -1.02. The van der Waals surface area contributed by atoms with E-state index in [0.29, 0.717) is 12.2 Å². The van der Waals surface area contributed by atoms with Crippen LogP contribution >= 0.6 is 0 Å². The lowest BCUT2D eigenvalue weighted by Gasteiger charge is -2.09. The minimum absolute atomic E-state index is 0.286. The Labute approximate surface area is 75.6 Å². The maximum Gasteiger partial charge on any atom is 0.306 e. The number of carboxylic acids is 1. The summed E-state index contributed by atoms with van der Waals surface area (Å²) in [5.41, 5.74) is 0.546. The molecule has 0 fully saturated rings. The number of hydrogen-bond acceptors (Lipinski definition) is 3. The molecule has 72 valence electrons. The largest absolute Gasteiger partial charge is 0.481 e. The highest BCUT2D eigenvalue weighted by molar-refractivity contribution is 5.67. The maximum atomic E-state index is 10.3. The Morgan fingerprint density at radius 3 is 3.00 bits per heavy atom. The number of rotatable bonds is 4. The first kappa shape index (κ1) is 9.73. The number of aryl methyl sites for hydroxylation is 1. The van der Waals surface area contributed by atoms with E-state index in [0.717, 1.165) is 0 Å². The zero-order chi connectivity index (χ0) is 9.84. The SMILES string of the molecule is CCn1cncc1C(O)CC(=O)O. The van der Waals surface area contributed by atoms with Gasteiger partial charge in [-0.2, -0.15) is 0 Å². The Balaban J connectivity index is 2.75. The van der Waals surface area contributed by atoms with Gasteiger partial charge in [0.25, 0.3) is 0 Å². The number of aliphatic hydroxyl groups is 1. The van der Waals surface area contributed by atoms with E-state index in [-0.39, 0.29) is 6.42 Å². The molecular weight excluding hydrogens is 172 g/mol. The monoisotopic (exact) mass is 184 g/mol. The zero-order valence-corrected chi connectivity index (χ0v) is 7.34. The fourth-order valence-corrected chi connectivity index (χ4v) is 1.14. The Bertz CT molecular complexity index is 295. The maximum absolute atomic E-state index is 10.3. The van der Waals surface area contributed by atoms with E-state index >= 15 is 0 Å². The van der Waals surface area contributed by atoms with Gasteiger partial charge in [-0.15, -0.1) is 0 Å². The van der Waals surface area contributed by atoms with Crippen molar-refractivity contribution in [2.24, 2.45) is 0 Å². The second kappa shape index (κ2) is 4.04. The van der Waals surface area contributed by atoms with E-state index in [9.17, 15) is 9.90 Å². The molecule has 0 bridgehead atoms. The van der Waals surface area contributed by atoms with Crippen LogP contribution in [0, 0.1) is 0 Å². The lowest BCUT2D eigenvalue weighted by molar-refractivity contribution is -0.139. The molecule has 0 saturated heterocycles. The van der Waals surface area contributed by atoms with Gasteiger partial charge in [-0.25, -0.2) is 4.98 Å². The third kappa shape index (κ3) is 2.29. The van der Waals surface area contributed by atoms with Gasteiger partial charge in [0.05, 0.1) is 24.6 Å². The Hall–Kier alpha value is -1.36. The molecule has 1 heterocycles. The smallest absolute Gasteiger partial charge is 0.306 e. The van der Waals surface area contributed by atoms with Crippen molar-refractivity contribution in [3.63, 3.8) is 0 Å². The van der Waals surface area contributed by atoms with Gasteiger partial charge in [-0.1, -0.05) is 0 Å². The third-order valence-corrected chi connectivity index (χ3v) is 1.79. The topological polar surface area (TPSA) is 75.3 Å². The second-order valence-electron chi connectivity index (χ2n) is 2.72. The van der Waals surface area contributed by atoms with Gasteiger partial charge in [0.1, 0.15) is 6.10 Å². The van der Waals surface area contributed by atoms with Crippen LogP contribution in [-0.2, 0) is 11.3 Å². The average Bonchev–Trinajstić information content (AvgIpc) is 2.49. The Kier molecular flexibility index (Phi) is 3.02. The molecule has 0 spiro atoms. The molecule has 0 amide bonds. The van der Waals surface area contributed by atoms with Gasteiger partial charge >= 0.3 is 5.97 Å². The van der Waals surface area contributed by atoms with E-state index < -0.39 is 12.1 Å². The van der Waals surface area contributed by atoms with Gasteiger partial charge in [-0.05, 0) is 6.92 Å². The fraction of sp³-hybridized carbons (Fsp3) is 0.500. The van der Waals surface area contributed by atoms with Crippen molar-refractivity contribution in [3.8, 4) is 0 Å². The van der Waals surface area contributed by atoms with Crippen LogP contribution in [0.3, 0.4) is 0 Å². The summed E-state index contributed by atoms with van der Waals surface area (Å²) in [5.74, 6) is -1.02. The molecule has 0 aromatic carbocycles. The van der Waals surface area contributed by atoms with E-state index in [4.69, 9.17) is 5.11 Å². The first-order valence-electron chi connectivity index (χ1n) is 4.05.